The van der Waals surface area contributed by atoms with Crippen molar-refractivity contribution in [3.63, 3.8) is 0 Å². The molecule has 0 aliphatic heterocycles. The van der Waals surface area contributed by atoms with Crippen molar-refractivity contribution < 1.29 is 9.72 Å². The maximum Gasteiger partial charge on any atom is 0.270 e. The number of anilines is 1. The molecule has 0 unspecified atom stereocenters. The number of nitrogens with one attached hydrogen (secondary N) is 2. The van der Waals surface area contributed by atoms with E-state index in [0.29, 0.717) is 5.82 Å². The van der Waals surface area contributed by atoms with E-state index in [-0.39, 0.29) is 16.3 Å². The maximum atomic E-state index is 12.0. The van der Waals surface area contributed by atoms with E-state index in [1.165, 1.54) is 12.1 Å². The van der Waals surface area contributed by atoms with Gasteiger partial charge < -0.3 is 5.32 Å². The Bertz CT molecular complexity index is 653. The first kappa shape index (κ1) is 13.0. The van der Waals surface area contributed by atoms with E-state index in [0.717, 1.165) is 11.6 Å². The molecule has 98 valence electrons. The number of H-pyrrole nitrogens is 1. The number of benzene rings is 1. The predicted molar refractivity (Wildman–Crippen MR) is 69.4 cm³/mol. The van der Waals surface area contributed by atoms with Crippen molar-refractivity contribution in [1.29, 1.82) is 0 Å². The van der Waals surface area contributed by atoms with Crippen LogP contribution in [0.4, 0.5) is 11.5 Å². The van der Waals surface area contributed by atoms with E-state index in [9.17, 15) is 14.9 Å². The molecule has 0 aliphatic rings. The molecule has 0 spiro atoms. The number of carbonyl (C=O) groups excluding carboxylic acids is 1. The fourth-order valence-electron chi connectivity index (χ4n) is 1.46. The molecule has 0 saturated carbocycles. The van der Waals surface area contributed by atoms with Crippen molar-refractivity contribution in [1.82, 2.24) is 10.2 Å². The number of aryl methyl sites for hydroxylation is 1. The Morgan fingerprint density at radius 1 is 1.53 bits per heavy atom. The predicted octanol–water partition coefficient (Wildman–Crippen LogP) is 2.53. The van der Waals surface area contributed by atoms with Crippen LogP contribution in [0.1, 0.15) is 15.9 Å². The number of nitro benzene ring substituents is 1. The minimum Gasteiger partial charge on any atom is -0.307 e. The third-order valence-corrected chi connectivity index (χ3v) is 2.79. The number of aromatic nitrogens is 2. The fraction of sp³-hybridized carbons (Fsp3) is 0.0909. The number of amides is 1. The number of non-ortho nitro benzene ring substituents is 1. The molecule has 0 atom stereocenters. The smallest absolute Gasteiger partial charge is 0.270 e. The molecule has 1 heterocycles. The lowest BCUT2D eigenvalue weighted by atomic mass is 10.2. The van der Waals surface area contributed by atoms with Gasteiger partial charge in [0.25, 0.3) is 11.6 Å². The van der Waals surface area contributed by atoms with Crippen molar-refractivity contribution in [3.8, 4) is 0 Å². The van der Waals surface area contributed by atoms with Gasteiger partial charge in [0.15, 0.2) is 0 Å². The van der Waals surface area contributed by atoms with Gasteiger partial charge >= 0.3 is 0 Å². The van der Waals surface area contributed by atoms with Crippen molar-refractivity contribution in [2.75, 3.05) is 5.32 Å². The summed E-state index contributed by atoms with van der Waals surface area (Å²) < 4.78 is 0. The van der Waals surface area contributed by atoms with Crippen LogP contribution < -0.4 is 5.32 Å². The summed E-state index contributed by atoms with van der Waals surface area (Å²) >= 11 is 5.86. The zero-order valence-electron chi connectivity index (χ0n) is 9.81. The molecule has 8 heteroatoms. The standard InChI is InChI=1S/C11H9ClN4O3/c1-6-5-13-15-10(6)14-11(17)8-3-2-7(16(18)19)4-9(8)12/h2-5H,1H3,(H2,13,14,15,17). The highest BCUT2D eigenvalue weighted by Crippen LogP contribution is 2.23. The van der Waals surface area contributed by atoms with Crippen molar-refractivity contribution in [3.05, 3.63) is 50.7 Å². The highest BCUT2D eigenvalue weighted by Gasteiger charge is 2.16. The Morgan fingerprint density at radius 3 is 2.79 bits per heavy atom. The second-order valence-corrected chi connectivity index (χ2v) is 4.21. The van der Waals surface area contributed by atoms with Crippen molar-refractivity contribution in [2.45, 2.75) is 6.92 Å². The Labute approximate surface area is 112 Å². The first-order chi connectivity index (χ1) is 8.99. The van der Waals surface area contributed by atoms with Gasteiger partial charge in [-0.3, -0.25) is 20.0 Å². The Balaban J connectivity index is 2.25. The number of hydrogen-bond donors (Lipinski definition) is 2. The van der Waals surface area contributed by atoms with Crippen molar-refractivity contribution >= 4 is 29.0 Å². The van der Waals surface area contributed by atoms with Crippen LogP contribution in [0.15, 0.2) is 24.4 Å². The van der Waals surface area contributed by atoms with Gasteiger partial charge in [0.2, 0.25) is 0 Å². The Morgan fingerprint density at radius 2 is 2.26 bits per heavy atom. The normalized spacial score (nSPS) is 10.2. The lowest BCUT2D eigenvalue weighted by Gasteiger charge is -2.05. The summed E-state index contributed by atoms with van der Waals surface area (Å²) in [5.41, 5.74) is 0.756. The molecule has 2 aromatic rings. The van der Waals surface area contributed by atoms with Gasteiger partial charge in [0.05, 0.1) is 21.7 Å². The molecule has 1 aromatic heterocycles. The van der Waals surface area contributed by atoms with E-state index in [4.69, 9.17) is 11.6 Å². The van der Waals surface area contributed by atoms with Crippen LogP contribution in [0.25, 0.3) is 0 Å². The number of halogens is 1. The second-order valence-electron chi connectivity index (χ2n) is 3.80. The SMILES string of the molecule is Cc1cn[nH]c1NC(=O)c1ccc([N+](=O)[O-])cc1Cl. The third kappa shape index (κ3) is 2.71. The molecule has 7 nitrogen and oxygen atoms in total. The lowest BCUT2D eigenvalue weighted by Crippen LogP contribution is -2.13. The third-order valence-electron chi connectivity index (χ3n) is 2.48. The molecule has 19 heavy (non-hydrogen) atoms. The van der Waals surface area contributed by atoms with Gasteiger partial charge in [0, 0.05) is 17.7 Å². The van der Waals surface area contributed by atoms with Crippen LogP contribution in [0.5, 0.6) is 0 Å². The molecule has 0 bridgehead atoms. The molecule has 0 fully saturated rings. The van der Waals surface area contributed by atoms with E-state index in [1.807, 2.05) is 0 Å². The van der Waals surface area contributed by atoms with Gasteiger partial charge in [-0.25, -0.2) is 0 Å². The Hall–Kier alpha value is -2.41. The Kier molecular flexibility index (Phi) is 3.48. The lowest BCUT2D eigenvalue weighted by molar-refractivity contribution is -0.384. The number of rotatable bonds is 3. The monoisotopic (exact) mass is 280 g/mol. The summed E-state index contributed by atoms with van der Waals surface area (Å²) in [7, 11) is 0. The first-order valence-electron chi connectivity index (χ1n) is 5.24. The number of aromatic amines is 1. The molecule has 1 aromatic carbocycles. The van der Waals surface area contributed by atoms with Gasteiger partial charge in [0.1, 0.15) is 5.82 Å². The summed E-state index contributed by atoms with van der Waals surface area (Å²) in [4.78, 5) is 21.9. The average molecular weight is 281 g/mol. The number of nitro groups is 1. The van der Waals surface area contributed by atoms with Crippen molar-refractivity contribution in [2.24, 2.45) is 0 Å². The van der Waals surface area contributed by atoms with Crippen LogP contribution in [-0.2, 0) is 0 Å². The fourth-order valence-corrected chi connectivity index (χ4v) is 1.72. The van der Waals surface area contributed by atoms with Crippen LogP contribution in [0.2, 0.25) is 5.02 Å². The number of nitrogens with zero attached hydrogens (tertiary/aromatic N) is 2. The maximum absolute atomic E-state index is 12.0. The summed E-state index contributed by atoms with van der Waals surface area (Å²) in [5.74, 6) is -0.00772. The molecule has 2 rings (SSSR count). The van der Waals surface area contributed by atoms with Crippen LogP contribution in [0, 0.1) is 17.0 Å². The molecule has 0 saturated heterocycles. The topological polar surface area (TPSA) is 101 Å². The zero-order chi connectivity index (χ0) is 14.0. The van der Waals surface area contributed by atoms with Gasteiger partial charge in [-0.1, -0.05) is 11.6 Å². The van der Waals surface area contributed by atoms with Crippen LogP contribution in [0.3, 0.4) is 0 Å². The van der Waals surface area contributed by atoms with E-state index in [1.54, 1.807) is 13.1 Å². The summed E-state index contributed by atoms with van der Waals surface area (Å²) in [6.07, 6.45) is 1.56. The molecule has 0 aliphatic carbocycles. The van der Waals surface area contributed by atoms with Gasteiger partial charge in [-0.15, -0.1) is 0 Å². The largest absolute Gasteiger partial charge is 0.307 e. The summed E-state index contributed by atoms with van der Waals surface area (Å²) in [5, 5.41) is 19.6. The number of hydrogen-bond acceptors (Lipinski definition) is 4. The first-order valence-corrected chi connectivity index (χ1v) is 5.62. The summed E-state index contributed by atoms with van der Waals surface area (Å²) in [6, 6.07) is 3.67. The molecular weight excluding hydrogens is 272 g/mol. The highest BCUT2D eigenvalue weighted by molar-refractivity contribution is 6.34. The molecule has 1 amide bonds. The average Bonchev–Trinajstić information content (AvgIpc) is 2.74. The number of carbonyl (C=O) groups is 1. The van der Waals surface area contributed by atoms with Crippen LogP contribution >= 0.6 is 11.6 Å². The van der Waals surface area contributed by atoms with E-state index in [2.05, 4.69) is 15.5 Å². The minimum atomic E-state index is -0.577. The summed E-state index contributed by atoms with van der Waals surface area (Å²) in [6.45, 7) is 1.77. The van der Waals surface area contributed by atoms with E-state index < -0.39 is 10.8 Å². The zero-order valence-corrected chi connectivity index (χ0v) is 10.6. The molecule has 0 radical (unpaired) electrons. The molecular formula is C11H9ClN4O3. The molecule has 2 N–H and O–H groups in total. The van der Waals surface area contributed by atoms with Gasteiger partial charge in [-0.2, -0.15) is 5.10 Å². The van der Waals surface area contributed by atoms with E-state index >= 15 is 0 Å². The second kappa shape index (κ2) is 5.07. The highest BCUT2D eigenvalue weighted by atomic mass is 35.5. The minimum absolute atomic E-state index is 0.0175. The quantitative estimate of drug-likeness (QED) is 0.666. The van der Waals surface area contributed by atoms with Crippen LogP contribution in [-0.4, -0.2) is 21.0 Å². The van der Waals surface area contributed by atoms with Gasteiger partial charge in [-0.05, 0) is 13.0 Å².